The molecule has 0 saturated carbocycles. The van der Waals surface area contributed by atoms with E-state index >= 15 is 0 Å². The van der Waals surface area contributed by atoms with Gasteiger partial charge in [0.1, 0.15) is 23.9 Å². The Labute approximate surface area is 123 Å². The van der Waals surface area contributed by atoms with Gasteiger partial charge in [-0.2, -0.15) is 0 Å². The normalized spacial score (nSPS) is 11.2. The highest BCUT2D eigenvalue weighted by Gasteiger charge is 2.30. The van der Waals surface area contributed by atoms with Crippen LogP contribution in [0, 0.1) is 0 Å². The SMILES string of the molecule is Oc1ccc(Cl)c(OCc2ccc(OC(F)(F)F)cc2)c1. The monoisotopic (exact) mass is 318 g/mol. The Kier molecular flexibility index (Phi) is 4.47. The zero-order valence-electron chi connectivity index (χ0n) is 10.5. The first kappa shape index (κ1) is 15.3. The van der Waals surface area contributed by atoms with Crippen molar-refractivity contribution in [2.45, 2.75) is 13.0 Å². The second-order valence-corrected chi connectivity index (χ2v) is 4.50. The lowest BCUT2D eigenvalue weighted by molar-refractivity contribution is -0.274. The second kappa shape index (κ2) is 6.13. The molecule has 0 aliphatic rings. The first-order valence-electron chi connectivity index (χ1n) is 5.79. The third-order valence-corrected chi connectivity index (χ3v) is 2.78. The predicted molar refractivity (Wildman–Crippen MR) is 70.6 cm³/mol. The first-order chi connectivity index (χ1) is 9.83. The number of benzene rings is 2. The van der Waals surface area contributed by atoms with E-state index in [1.807, 2.05) is 0 Å². The lowest BCUT2D eigenvalue weighted by atomic mass is 10.2. The van der Waals surface area contributed by atoms with Gasteiger partial charge in [0.15, 0.2) is 0 Å². The van der Waals surface area contributed by atoms with Crippen molar-refractivity contribution < 1.29 is 27.8 Å². The number of alkyl halides is 3. The summed E-state index contributed by atoms with van der Waals surface area (Å²) in [5.74, 6) is -0.0164. The molecule has 0 spiro atoms. The van der Waals surface area contributed by atoms with Crippen LogP contribution < -0.4 is 9.47 Å². The van der Waals surface area contributed by atoms with Gasteiger partial charge >= 0.3 is 6.36 Å². The molecule has 2 aromatic carbocycles. The summed E-state index contributed by atoms with van der Waals surface area (Å²) in [6.07, 6.45) is -4.72. The average Bonchev–Trinajstić information content (AvgIpc) is 2.40. The number of ether oxygens (including phenoxy) is 2. The van der Waals surface area contributed by atoms with Crippen molar-refractivity contribution in [1.29, 1.82) is 0 Å². The van der Waals surface area contributed by atoms with Gasteiger partial charge in [-0.15, -0.1) is 13.2 Å². The number of aromatic hydroxyl groups is 1. The number of phenols is 1. The molecule has 0 bridgehead atoms. The van der Waals surface area contributed by atoms with Crippen molar-refractivity contribution in [2.75, 3.05) is 0 Å². The number of halogens is 4. The highest BCUT2D eigenvalue weighted by atomic mass is 35.5. The van der Waals surface area contributed by atoms with E-state index in [1.54, 1.807) is 0 Å². The Balaban J connectivity index is 1.99. The highest BCUT2D eigenvalue weighted by molar-refractivity contribution is 6.32. The summed E-state index contributed by atoms with van der Waals surface area (Å²) in [7, 11) is 0. The van der Waals surface area contributed by atoms with Crippen LogP contribution >= 0.6 is 11.6 Å². The maximum absolute atomic E-state index is 12.0. The topological polar surface area (TPSA) is 38.7 Å². The molecule has 7 heteroatoms. The zero-order valence-corrected chi connectivity index (χ0v) is 11.3. The second-order valence-electron chi connectivity index (χ2n) is 4.10. The Bertz CT molecular complexity index is 612. The molecule has 0 unspecified atom stereocenters. The van der Waals surface area contributed by atoms with Crippen LogP contribution in [-0.2, 0) is 6.61 Å². The summed E-state index contributed by atoms with van der Waals surface area (Å²) in [6, 6.07) is 9.51. The lowest BCUT2D eigenvalue weighted by Crippen LogP contribution is -2.17. The Hall–Kier alpha value is -2.08. The lowest BCUT2D eigenvalue weighted by Gasteiger charge is -2.10. The smallest absolute Gasteiger partial charge is 0.508 e. The van der Waals surface area contributed by atoms with Gasteiger partial charge < -0.3 is 14.6 Å². The molecule has 0 amide bonds. The Morgan fingerprint density at radius 2 is 1.71 bits per heavy atom. The van der Waals surface area contributed by atoms with Crippen LogP contribution in [0.25, 0.3) is 0 Å². The van der Waals surface area contributed by atoms with Crippen LogP contribution in [0.2, 0.25) is 5.02 Å². The molecule has 3 nitrogen and oxygen atoms in total. The highest BCUT2D eigenvalue weighted by Crippen LogP contribution is 2.29. The van der Waals surface area contributed by atoms with Gasteiger partial charge in [0.05, 0.1) is 5.02 Å². The van der Waals surface area contributed by atoms with Gasteiger partial charge in [0.2, 0.25) is 0 Å². The third-order valence-electron chi connectivity index (χ3n) is 2.47. The van der Waals surface area contributed by atoms with E-state index in [2.05, 4.69) is 4.74 Å². The van der Waals surface area contributed by atoms with E-state index in [-0.39, 0.29) is 23.9 Å². The number of phenolic OH excluding ortho intramolecular Hbond substituents is 1. The summed E-state index contributed by atoms with van der Waals surface area (Å²) in [5, 5.41) is 9.64. The van der Waals surface area contributed by atoms with Crippen molar-refractivity contribution in [2.24, 2.45) is 0 Å². The fourth-order valence-electron chi connectivity index (χ4n) is 1.55. The largest absolute Gasteiger partial charge is 0.573 e. The standard InChI is InChI=1S/C14H10ClF3O3/c15-12-6-3-10(19)7-13(12)20-8-9-1-4-11(5-2-9)21-14(16,17)18/h1-7,19H,8H2. The number of hydrogen-bond acceptors (Lipinski definition) is 3. The van der Waals surface area contributed by atoms with Gasteiger partial charge in [-0.25, -0.2) is 0 Å². The van der Waals surface area contributed by atoms with E-state index in [0.717, 1.165) is 0 Å². The minimum Gasteiger partial charge on any atom is -0.508 e. The number of hydrogen-bond donors (Lipinski definition) is 1. The molecular formula is C14H10ClF3O3. The fourth-order valence-corrected chi connectivity index (χ4v) is 1.72. The molecule has 0 radical (unpaired) electrons. The van der Waals surface area contributed by atoms with E-state index in [9.17, 15) is 18.3 Å². The molecule has 0 heterocycles. The summed E-state index contributed by atoms with van der Waals surface area (Å²) in [5.41, 5.74) is 0.629. The van der Waals surface area contributed by atoms with Crippen molar-refractivity contribution >= 4 is 11.6 Å². The minimum atomic E-state index is -4.72. The maximum Gasteiger partial charge on any atom is 0.573 e. The zero-order chi connectivity index (χ0) is 15.5. The van der Waals surface area contributed by atoms with Gasteiger partial charge in [-0.1, -0.05) is 23.7 Å². The van der Waals surface area contributed by atoms with Crippen LogP contribution in [0.1, 0.15) is 5.56 Å². The Morgan fingerprint density at radius 3 is 2.33 bits per heavy atom. The molecular weight excluding hydrogens is 309 g/mol. The molecule has 0 saturated heterocycles. The van der Waals surface area contributed by atoms with Crippen LogP contribution in [0.5, 0.6) is 17.2 Å². The molecule has 0 fully saturated rings. The van der Waals surface area contributed by atoms with Gasteiger partial charge in [0, 0.05) is 6.07 Å². The summed E-state index contributed by atoms with van der Waals surface area (Å²) < 4.78 is 45.2. The number of rotatable bonds is 4. The summed E-state index contributed by atoms with van der Waals surface area (Å²) in [4.78, 5) is 0. The van der Waals surface area contributed by atoms with E-state index in [1.165, 1.54) is 42.5 Å². The van der Waals surface area contributed by atoms with E-state index < -0.39 is 6.36 Å². The molecule has 1 N–H and O–H groups in total. The van der Waals surface area contributed by atoms with Gasteiger partial charge in [-0.3, -0.25) is 0 Å². The fraction of sp³-hybridized carbons (Fsp3) is 0.143. The van der Waals surface area contributed by atoms with E-state index in [4.69, 9.17) is 16.3 Å². The maximum atomic E-state index is 12.0. The van der Waals surface area contributed by atoms with Crippen LogP contribution in [0.15, 0.2) is 42.5 Å². The van der Waals surface area contributed by atoms with Crippen molar-refractivity contribution in [3.05, 3.63) is 53.1 Å². The molecule has 0 aliphatic carbocycles. The van der Waals surface area contributed by atoms with Crippen molar-refractivity contribution in [3.8, 4) is 17.2 Å². The molecule has 0 aromatic heterocycles. The van der Waals surface area contributed by atoms with Gasteiger partial charge in [0.25, 0.3) is 0 Å². The summed E-state index contributed by atoms with van der Waals surface area (Å²) >= 11 is 5.88. The minimum absolute atomic E-state index is 0.00308. The van der Waals surface area contributed by atoms with E-state index in [0.29, 0.717) is 10.6 Å². The summed E-state index contributed by atoms with van der Waals surface area (Å²) in [6.45, 7) is 0.0927. The molecule has 21 heavy (non-hydrogen) atoms. The molecule has 0 atom stereocenters. The molecule has 0 aliphatic heterocycles. The van der Waals surface area contributed by atoms with Crippen LogP contribution in [0.4, 0.5) is 13.2 Å². The average molecular weight is 319 g/mol. The van der Waals surface area contributed by atoms with Crippen molar-refractivity contribution in [3.63, 3.8) is 0 Å². The van der Waals surface area contributed by atoms with Crippen LogP contribution in [0.3, 0.4) is 0 Å². The first-order valence-corrected chi connectivity index (χ1v) is 6.17. The van der Waals surface area contributed by atoms with Gasteiger partial charge in [-0.05, 0) is 29.8 Å². The molecule has 2 rings (SSSR count). The Morgan fingerprint density at radius 1 is 1.05 bits per heavy atom. The van der Waals surface area contributed by atoms with Crippen molar-refractivity contribution in [1.82, 2.24) is 0 Å². The molecule has 2 aromatic rings. The predicted octanol–water partition coefficient (Wildman–Crippen LogP) is 4.52. The quantitative estimate of drug-likeness (QED) is 0.900. The van der Waals surface area contributed by atoms with Crippen LogP contribution in [-0.4, -0.2) is 11.5 Å². The third kappa shape index (κ3) is 4.75. The molecule has 112 valence electrons.